The maximum Gasteiger partial charge on any atom is 0.257 e. The molecule has 8 heteroatoms. The maximum atomic E-state index is 13.3. The van der Waals surface area contributed by atoms with Gasteiger partial charge >= 0.3 is 0 Å². The summed E-state index contributed by atoms with van der Waals surface area (Å²) < 4.78 is 5.66. The van der Waals surface area contributed by atoms with Gasteiger partial charge in [0, 0.05) is 45.7 Å². The van der Waals surface area contributed by atoms with Gasteiger partial charge in [-0.2, -0.15) is 5.10 Å². The van der Waals surface area contributed by atoms with E-state index >= 15 is 0 Å². The molecule has 0 saturated carbocycles. The van der Waals surface area contributed by atoms with Crippen LogP contribution in [0, 0.1) is 6.92 Å². The van der Waals surface area contributed by atoms with E-state index in [1.165, 1.54) is 5.56 Å². The van der Waals surface area contributed by atoms with Crippen LogP contribution < -0.4 is 0 Å². The molecule has 3 aliphatic heterocycles. The number of likely N-dealkylation sites (tertiary alicyclic amines) is 1. The third-order valence-electron chi connectivity index (χ3n) is 7.06. The zero-order valence-corrected chi connectivity index (χ0v) is 19.9. The first-order chi connectivity index (χ1) is 16.6. The van der Waals surface area contributed by atoms with Crippen LogP contribution >= 0.6 is 0 Å². The molecule has 180 valence electrons. The first kappa shape index (κ1) is 22.8. The maximum absolute atomic E-state index is 13.3. The summed E-state index contributed by atoms with van der Waals surface area (Å²) in [4.78, 5) is 32.1. The minimum atomic E-state index is -0.224. The number of aryl methyl sites for hydroxylation is 1. The third kappa shape index (κ3) is 5.08. The molecule has 0 aliphatic carbocycles. The number of hydrazone groups is 1. The molecular formula is C26H33N5O3. The fourth-order valence-corrected chi connectivity index (χ4v) is 4.99. The zero-order valence-electron chi connectivity index (χ0n) is 19.9. The Morgan fingerprint density at radius 2 is 1.56 bits per heavy atom. The van der Waals surface area contributed by atoms with Crippen molar-refractivity contribution in [3.8, 4) is 0 Å². The van der Waals surface area contributed by atoms with E-state index in [4.69, 9.17) is 9.52 Å². The van der Waals surface area contributed by atoms with Gasteiger partial charge in [-0.1, -0.05) is 29.8 Å². The first-order valence-electron chi connectivity index (χ1n) is 12.3. The Balaban J connectivity index is 1.20. The number of rotatable bonds is 6. The number of nitrogens with zero attached hydrogens (tertiary/aromatic N) is 5. The molecule has 0 spiro atoms. The molecule has 1 atom stereocenters. The van der Waals surface area contributed by atoms with E-state index < -0.39 is 0 Å². The lowest BCUT2D eigenvalue weighted by molar-refractivity contribution is -0.136. The van der Waals surface area contributed by atoms with Crippen molar-refractivity contribution in [2.24, 2.45) is 5.10 Å². The van der Waals surface area contributed by atoms with Crippen molar-refractivity contribution in [2.45, 2.75) is 32.2 Å². The first-order valence-corrected chi connectivity index (χ1v) is 12.3. The summed E-state index contributed by atoms with van der Waals surface area (Å²) in [5.74, 6) is 0.966. The molecule has 0 N–H and O–H groups in total. The highest BCUT2D eigenvalue weighted by Gasteiger charge is 2.35. The Morgan fingerprint density at radius 3 is 2.18 bits per heavy atom. The summed E-state index contributed by atoms with van der Waals surface area (Å²) in [5, 5.41) is 6.35. The van der Waals surface area contributed by atoms with Gasteiger partial charge in [0.2, 0.25) is 5.91 Å². The second kappa shape index (κ2) is 10.1. The zero-order chi connectivity index (χ0) is 23.5. The SMILES string of the molecule is Cc1ccc(C2=NN(C(=O)CN3CCN(CC(=O)N4CCCC4)CC3)[C@@H](c3ccco3)C2)cc1. The summed E-state index contributed by atoms with van der Waals surface area (Å²) in [6, 6.07) is 11.8. The van der Waals surface area contributed by atoms with E-state index in [2.05, 4.69) is 41.0 Å². The fraction of sp³-hybridized carbons (Fsp3) is 0.500. The van der Waals surface area contributed by atoms with Crippen molar-refractivity contribution in [3.63, 3.8) is 0 Å². The quantitative estimate of drug-likeness (QED) is 0.658. The van der Waals surface area contributed by atoms with Crippen molar-refractivity contribution in [3.05, 3.63) is 59.5 Å². The van der Waals surface area contributed by atoms with Crippen LogP contribution in [-0.4, -0.2) is 89.6 Å². The van der Waals surface area contributed by atoms with Gasteiger partial charge in [0.25, 0.3) is 5.91 Å². The second-order valence-corrected chi connectivity index (χ2v) is 9.53. The minimum absolute atomic E-state index is 0.0231. The minimum Gasteiger partial charge on any atom is -0.467 e. The Morgan fingerprint density at radius 1 is 0.912 bits per heavy atom. The van der Waals surface area contributed by atoms with Crippen LogP contribution in [0.5, 0.6) is 0 Å². The summed E-state index contributed by atoms with van der Waals surface area (Å²) in [6.07, 6.45) is 4.51. The smallest absolute Gasteiger partial charge is 0.257 e. The van der Waals surface area contributed by atoms with Gasteiger partial charge in [-0.3, -0.25) is 19.4 Å². The molecule has 8 nitrogen and oxygen atoms in total. The summed E-state index contributed by atoms with van der Waals surface area (Å²) in [6.45, 7) is 7.78. The van der Waals surface area contributed by atoms with E-state index in [0.717, 1.165) is 69.1 Å². The van der Waals surface area contributed by atoms with Crippen molar-refractivity contribution in [1.82, 2.24) is 19.7 Å². The highest BCUT2D eigenvalue weighted by Crippen LogP contribution is 2.33. The average Bonchev–Trinajstić information content (AvgIpc) is 3.62. The molecule has 1 aromatic heterocycles. The van der Waals surface area contributed by atoms with E-state index in [1.54, 1.807) is 11.3 Å². The molecule has 4 heterocycles. The van der Waals surface area contributed by atoms with Crippen LogP contribution in [0.25, 0.3) is 0 Å². The lowest BCUT2D eigenvalue weighted by Gasteiger charge is -2.35. The molecule has 0 bridgehead atoms. The van der Waals surface area contributed by atoms with Gasteiger partial charge in [-0.15, -0.1) is 0 Å². The molecule has 2 fully saturated rings. The molecule has 3 aliphatic rings. The van der Waals surface area contributed by atoms with Crippen molar-refractivity contribution in [1.29, 1.82) is 0 Å². The molecule has 1 aromatic carbocycles. The Labute approximate surface area is 200 Å². The van der Waals surface area contributed by atoms with E-state index in [9.17, 15) is 9.59 Å². The van der Waals surface area contributed by atoms with Gasteiger partial charge < -0.3 is 9.32 Å². The number of hydrogen-bond acceptors (Lipinski definition) is 6. The van der Waals surface area contributed by atoms with Gasteiger partial charge in [0.15, 0.2) is 0 Å². The van der Waals surface area contributed by atoms with Crippen LogP contribution in [0.3, 0.4) is 0 Å². The number of piperazine rings is 1. The second-order valence-electron chi connectivity index (χ2n) is 9.53. The van der Waals surface area contributed by atoms with Crippen molar-refractivity contribution < 1.29 is 14.0 Å². The monoisotopic (exact) mass is 463 g/mol. The molecule has 2 saturated heterocycles. The van der Waals surface area contributed by atoms with Crippen molar-refractivity contribution in [2.75, 3.05) is 52.4 Å². The highest BCUT2D eigenvalue weighted by molar-refractivity contribution is 6.03. The molecule has 0 radical (unpaired) electrons. The van der Waals surface area contributed by atoms with Crippen LogP contribution in [-0.2, 0) is 9.59 Å². The van der Waals surface area contributed by atoms with E-state index in [-0.39, 0.29) is 17.9 Å². The van der Waals surface area contributed by atoms with Gasteiger partial charge in [0.05, 0.1) is 25.1 Å². The number of benzene rings is 1. The number of amides is 2. The largest absolute Gasteiger partial charge is 0.467 e. The van der Waals surface area contributed by atoms with Gasteiger partial charge in [0.1, 0.15) is 11.8 Å². The molecule has 0 unspecified atom stereocenters. The van der Waals surface area contributed by atoms with Crippen LogP contribution in [0.2, 0.25) is 0 Å². The molecule has 34 heavy (non-hydrogen) atoms. The van der Waals surface area contributed by atoms with Crippen LogP contribution in [0.4, 0.5) is 0 Å². The Hall–Kier alpha value is -2.97. The Kier molecular flexibility index (Phi) is 6.78. The fourth-order valence-electron chi connectivity index (χ4n) is 4.99. The highest BCUT2D eigenvalue weighted by atomic mass is 16.3. The predicted molar refractivity (Wildman–Crippen MR) is 129 cm³/mol. The van der Waals surface area contributed by atoms with Gasteiger partial charge in [-0.25, -0.2) is 5.01 Å². The van der Waals surface area contributed by atoms with Crippen LogP contribution in [0.1, 0.15) is 42.2 Å². The summed E-state index contributed by atoms with van der Waals surface area (Å²) in [5.41, 5.74) is 3.13. The lowest BCUT2D eigenvalue weighted by Crippen LogP contribution is -2.51. The standard InChI is InChI=1S/C26H33N5O3/c1-20-6-8-21(9-7-20)22-17-23(24-5-4-16-34-24)31(27-22)26(33)19-29-14-12-28(13-15-29)18-25(32)30-10-2-3-11-30/h4-9,16,23H,2-3,10-15,17-19H2,1H3/t23-/m1/s1. The number of carbonyl (C=O) groups excluding carboxylic acids is 2. The number of hydrogen-bond donors (Lipinski definition) is 0. The topological polar surface area (TPSA) is 72.6 Å². The van der Waals surface area contributed by atoms with Crippen LogP contribution in [0.15, 0.2) is 52.2 Å². The molecule has 2 amide bonds. The average molecular weight is 464 g/mol. The predicted octanol–water partition coefficient (Wildman–Crippen LogP) is 2.51. The third-order valence-corrected chi connectivity index (χ3v) is 7.06. The van der Waals surface area contributed by atoms with E-state index in [0.29, 0.717) is 19.5 Å². The van der Waals surface area contributed by atoms with Gasteiger partial charge in [-0.05, 0) is 37.5 Å². The van der Waals surface area contributed by atoms with Crippen molar-refractivity contribution >= 4 is 17.5 Å². The lowest BCUT2D eigenvalue weighted by atomic mass is 10.0. The van der Waals surface area contributed by atoms with E-state index in [1.807, 2.05) is 17.0 Å². The summed E-state index contributed by atoms with van der Waals surface area (Å²) >= 11 is 0. The normalized spacial score (nSPS) is 21.8. The molecular weight excluding hydrogens is 430 g/mol. The summed E-state index contributed by atoms with van der Waals surface area (Å²) in [7, 11) is 0. The number of carbonyl (C=O) groups is 2. The number of furan rings is 1. The molecule has 2 aromatic rings. The molecule has 5 rings (SSSR count). The Bertz CT molecular complexity index is 1020.